The summed E-state index contributed by atoms with van der Waals surface area (Å²) in [5, 5.41) is 12.8. The maximum atomic E-state index is 9.82. The van der Waals surface area contributed by atoms with Crippen LogP contribution in [-0.2, 0) is 0 Å². The molecule has 0 saturated heterocycles. The molecule has 0 aliphatic heterocycles. The highest BCUT2D eigenvalue weighted by atomic mass is 16.3. The van der Waals surface area contributed by atoms with Crippen LogP contribution >= 0.6 is 0 Å². The van der Waals surface area contributed by atoms with Crippen LogP contribution in [0.15, 0.2) is 24.3 Å². The Labute approximate surface area is 79.6 Å². The van der Waals surface area contributed by atoms with Crippen molar-refractivity contribution in [1.82, 2.24) is 5.32 Å². The fourth-order valence-corrected chi connectivity index (χ4v) is 1.21. The lowest BCUT2D eigenvalue weighted by Gasteiger charge is -2.18. The highest BCUT2D eigenvalue weighted by Crippen LogP contribution is 2.16. The Hall–Kier alpha value is -0.860. The second-order valence-electron chi connectivity index (χ2n) is 3.43. The molecule has 0 aromatic heterocycles. The van der Waals surface area contributed by atoms with Crippen LogP contribution in [0.5, 0.6) is 0 Å². The van der Waals surface area contributed by atoms with E-state index in [2.05, 4.69) is 5.32 Å². The quantitative estimate of drug-likeness (QED) is 0.739. The molecule has 2 nitrogen and oxygen atoms in total. The summed E-state index contributed by atoms with van der Waals surface area (Å²) in [5.74, 6) is 0. The first-order valence-corrected chi connectivity index (χ1v) is 4.57. The van der Waals surface area contributed by atoms with Gasteiger partial charge in [-0.1, -0.05) is 29.8 Å². The van der Waals surface area contributed by atoms with Gasteiger partial charge in [0.1, 0.15) is 0 Å². The molecular weight excluding hydrogens is 162 g/mol. The van der Waals surface area contributed by atoms with Crippen molar-refractivity contribution in [3.8, 4) is 0 Å². The molecule has 0 heterocycles. The lowest BCUT2D eigenvalue weighted by atomic mass is 10.0. The molecule has 1 aromatic rings. The summed E-state index contributed by atoms with van der Waals surface area (Å²) >= 11 is 0. The van der Waals surface area contributed by atoms with E-state index >= 15 is 0 Å². The zero-order chi connectivity index (χ0) is 9.84. The fourth-order valence-electron chi connectivity index (χ4n) is 1.21. The van der Waals surface area contributed by atoms with Gasteiger partial charge < -0.3 is 10.4 Å². The number of hydrogen-bond donors (Lipinski definition) is 2. The first-order chi connectivity index (χ1) is 6.15. The van der Waals surface area contributed by atoms with Gasteiger partial charge in [-0.15, -0.1) is 0 Å². The average Bonchev–Trinajstić information content (AvgIpc) is 2.17. The van der Waals surface area contributed by atoms with Crippen LogP contribution in [-0.4, -0.2) is 18.2 Å². The lowest BCUT2D eigenvalue weighted by Crippen LogP contribution is -2.28. The highest BCUT2D eigenvalue weighted by Gasteiger charge is 2.13. The summed E-state index contributed by atoms with van der Waals surface area (Å²) in [4.78, 5) is 0. The smallest absolute Gasteiger partial charge is 0.0940 e. The molecule has 2 atom stereocenters. The number of aryl methyl sites for hydroxylation is 1. The molecule has 0 bridgehead atoms. The van der Waals surface area contributed by atoms with E-state index in [9.17, 15) is 5.11 Å². The van der Waals surface area contributed by atoms with E-state index in [1.165, 1.54) is 5.56 Å². The van der Waals surface area contributed by atoms with E-state index in [1.807, 2.05) is 45.2 Å². The molecule has 0 saturated carbocycles. The molecule has 0 fully saturated rings. The van der Waals surface area contributed by atoms with Crippen LogP contribution in [0, 0.1) is 6.92 Å². The molecule has 0 radical (unpaired) electrons. The van der Waals surface area contributed by atoms with E-state index in [-0.39, 0.29) is 6.04 Å². The Kier molecular flexibility index (Phi) is 3.46. The number of aliphatic hydroxyl groups excluding tert-OH is 1. The Morgan fingerprint density at radius 2 is 1.77 bits per heavy atom. The molecule has 0 amide bonds. The van der Waals surface area contributed by atoms with Crippen LogP contribution in [0.4, 0.5) is 0 Å². The van der Waals surface area contributed by atoms with Crippen molar-refractivity contribution in [3.63, 3.8) is 0 Å². The topological polar surface area (TPSA) is 32.3 Å². The first-order valence-electron chi connectivity index (χ1n) is 4.57. The number of benzene rings is 1. The minimum Gasteiger partial charge on any atom is -0.387 e. The van der Waals surface area contributed by atoms with Crippen molar-refractivity contribution in [1.29, 1.82) is 0 Å². The Bertz CT molecular complexity index is 255. The molecule has 0 aliphatic rings. The van der Waals surface area contributed by atoms with Crippen LogP contribution in [0.1, 0.15) is 24.2 Å². The minimum atomic E-state index is -0.425. The van der Waals surface area contributed by atoms with Gasteiger partial charge in [-0.3, -0.25) is 0 Å². The molecule has 0 unspecified atom stereocenters. The first kappa shape index (κ1) is 10.2. The molecule has 72 valence electrons. The monoisotopic (exact) mass is 179 g/mol. The predicted octanol–water partition coefficient (Wildman–Crippen LogP) is 1.64. The van der Waals surface area contributed by atoms with Crippen LogP contribution in [0.3, 0.4) is 0 Å². The van der Waals surface area contributed by atoms with Gasteiger partial charge in [-0.25, -0.2) is 0 Å². The largest absolute Gasteiger partial charge is 0.387 e. The van der Waals surface area contributed by atoms with Gasteiger partial charge in [0.25, 0.3) is 0 Å². The molecule has 0 aliphatic carbocycles. The molecule has 1 rings (SSSR count). The van der Waals surface area contributed by atoms with Gasteiger partial charge in [0, 0.05) is 6.04 Å². The number of hydrogen-bond acceptors (Lipinski definition) is 2. The third kappa shape index (κ3) is 2.54. The minimum absolute atomic E-state index is 0.0858. The van der Waals surface area contributed by atoms with E-state index in [1.54, 1.807) is 0 Å². The summed E-state index contributed by atoms with van der Waals surface area (Å²) in [6.45, 7) is 4.00. The Morgan fingerprint density at radius 1 is 1.23 bits per heavy atom. The van der Waals surface area contributed by atoms with Crippen LogP contribution in [0.25, 0.3) is 0 Å². The lowest BCUT2D eigenvalue weighted by molar-refractivity contribution is 0.140. The van der Waals surface area contributed by atoms with Crippen molar-refractivity contribution >= 4 is 0 Å². The third-order valence-corrected chi connectivity index (χ3v) is 2.35. The Balaban J connectivity index is 2.77. The number of aliphatic hydroxyl groups is 1. The fraction of sp³-hybridized carbons (Fsp3) is 0.455. The van der Waals surface area contributed by atoms with Gasteiger partial charge in [-0.2, -0.15) is 0 Å². The summed E-state index contributed by atoms with van der Waals surface area (Å²) in [6.07, 6.45) is -0.425. The molecule has 13 heavy (non-hydrogen) atoms. The van der Waals surface area contributed by atoms with Crippen LogP contribution in [0.2, 0.25) is 0 Å². The SMILES string of the molecule is CN[C@@H](C)[C@H](O)c1ccc(C)cc1. The molecule has 0 spiro atoms. The molecule has 2 N–H and O–H groups in total. The van der Waals surface area contributed by atoms with E-state index in [0.29, 0.717) is 0 Å². The second-order valence-corrected chi connectivity index (χ2v) is 3.43. The standard InChI is InChI=1S/C11H17NO/c1-8-4-6-10(7-5-8)11(13)9(2)12-3/h4-7,9,11-13H,1-3H3/t9-,11-/m0/s1. The maximum absolute atomic E-state index is 9.82. The summed E-state index contributed by atoms with van der Waals surface area (Å²) in [7, 11) is 1.85. The molecular formula is C11H17NO. The highest BCUT2D eigenvalue weighted by molar-refractivity contribution is 5.23. The second kappa shape index (κ2) is 4.40. The Morgan fingerprint density at radius 3 is 2.23 bits per heavy atom. The zero-order valence-corrected chi connectivity index (χ0v) is 8.41. The predicted molar refractivity (Wildman–Crippen MR) is 54.7 cm³/mol. The summed E-state index contributed by atoms with van der Waals surface area (Å²) in [5.41, 5.74) is 2.18. The van der Waals surface area contributed by atoms with Crippen molar-refractivity contribution in [2.75, 3.05) is 7.05 Å². The van der Waals surface area contributed by atoms with Crippen molar-refractivity contribution in [3.05, 3.63) is 35.4 Å². The third-order valence-electron chi connectivity index (χ3n) is 2.35. The zero-order valence-electron chi connectivity index (χ0n) is 8.41. The normalized spacial score (nSPS) is 15.4. The average molecular weight is 179 g/mol. The van der Waals surface area contributed by atoms with E-state index in [4.69, 9.17) is 0 Å². The van der Waals surface area contributed by atoms with Crippen molar-refractivity contribution in [2.45, 2.75) is 26.0 Å². The number of likely N-dealkylation sites (N-methyl/N-ethyl adjacent to an activating group) is 1. The van der Waals surface area contributed by atoms with Gasteiger partial charge in [0.15, 0.2) is 0 Å². The molecule has 1 aromatic carbocycles. The van der Waals surface area contributed by atoms with Crippen molar-refractivity contribution < 1.29 is 5.11 Å². The van der Waals surface area contributed by atoms with Crippen molar-refractivity contribution in [2.24, 2.45) is 0 Å². The van der Waals surface area contributed by atoms with E-state index in [0.717, 1.165) is 5.56 Å². The van der Waals surface area contributed by atoms with Gasteiger partial charge >= 0.3 is 0 Å². The summed E-state index contributed by atoms with van der Waals surface area (Å²) < 4.78 is 0. The van der Waals surface area contributed by atoms with Crippen LogP contribution < -0.4 is 5.32 Å². The maximum Gasteiger partial charge on any atom is 0.0940 e. The van der Waals surface area contributed by atoms with E-state index < -0.39 is 6.10 Å². The number of nitrogens with one attached hydrogen (secondary N) is 1. The number of rotatable bonds is 3. The summed E-state index contributed by atoms with van der Waals surface area (Å²) in [6, 6.07) is 8.05. The van der Waals surface area contributed by atoms with Gasteiger partial charge in [0.05, 0.1) is 6.10 Å². The van der Waals surface area contributed by atoms with Gasteiger partial charge in [0.2, 0.25) is 0 Å². The van der Waals surface area contributed by atoms with Gasteiger partial charge in [-0.05, 0) is 26.5 Å². The molecule has 2 heteroatoms.